The van der Waals surface area contributed by atoms with E-state index < -0.39 is 12.2 Å². The molecular weight excluding hydrogens is 532 g/mol. The van der Waals surface area contributed by atoms with Gasteiger partial charge in [-0.3, -0.25) is 4.79 Å². The zero-order valence-electron chi connectivity index (χ0n) is 28.6. The number of carbonyl (C=O) groups is 1. The normalized spacial score (nSPS) is 18.7. The van der Waals surface area contributed by atoms with Crippen LogP contribution < -0.4 is 0 Å². The van der Waals surface area contributed by atoms with Gasteiger partial charge in [0.1, 0.15) is 12.2 Å². The van der Waals surface area contributed by atoms with Crippen LogP contribution >= 0.6 is 0 Å². The highest BCUT2D eigenvalue weighted by atomic mass is 16.5. The summed E-state index contributed by atoms with van der Waals surface area (Å²) in [5.41, 5.74) is -0.214. The van der Waals surface area contributed by atoms with Crippen LogP contribution in [0.2, 0.25) is 0 Å². The van der Waals surface area contributed by atoms with Gasteiger partial charge >= 0.3 is 5.97 Å². The molecule has 1 heterocycles. The molecule has 1 saturated heterocycles. The van der Waals surface area contributed by atoms with Gasteiger partial charge in [-0.05, 0) is 37.0 Å². The SMILES string of the molecule is CCCCCCCCCC(CCCCCCCC(=O)OCC(C)C)COCC(C)(C)C(O)C(C)C.OC1COCC1O. The number of rotatable bonds is 24. The number of esters is 1. The summed E-state index contributed by atoms with van der Waals surface area (Å²) in [5.74, 6) is 1.22. The number of carbonyl (C=O) groups excluding carboxylic acids is 1. The van der Waals surface area contributed by atoms with Crippen LogP contribution in [0, 0.1) is 23.2 Å². The summed E-state index contributed by atoms with van der Waals surface area (Å²) >= 11 is 0. The predicted octanol–water partition coefficient (Wildman–Crippen LogP) is 7.47. The molecule has 7 nitrogen and oxygen atoms in total. The van der Waals surface area contributed by atoms with Gasteiger partial charge in [0.25, 0.3) is 0 Å². The van der Waals surface area contributed by atoms with Crippen LogP contribution in [-0.4, -0.2) is 72.6 Å². The number of unbranched alkanes of at least 4 members (excludes halogenated alkanes) is 10. The van der Waals surface area contributed by atoms with Crippen LogP contribution in [0.25, 0.3) is 0 Å². The first-order valence-corrected chi connectivity index (χ1v) is 17.3. The van der Waals surface area contributed by atoms with Crippen molar-refractivity contribution in [3.63, 3.8) is 0 Å². The van der Waals surface area contributed by atoms with Crippen molar-refractivity contribution in [3.8, 4) is 0 Å². The number of aliphatic hydroxyl groups excluding tert-OH is 3. The van der Waals surface area contributed by atoms with Crippen LogP contribution in [0.1, 0.15) is 145 Å². The lowest BCUT2D eigenvalue weighted by Gasteiger charge is -2.33. The molecule has 0 saturated carbocycles. The minimum absolute atomic E-state index is 0.0453. The van der Waals surface area contributed by atoms with Crippen LogP contribution in [0.5, 0.6) is 0 Å². The molecule has 0 bridgehead atoms. The molecule has 7 heteroatoms. The minimum atomic E-state index is -0.653. The van der Waals surface area contributed by atoms with Gasteiger partial charge in [-0.1, -0.05) is 119 Å². The lowest BCUT2D eigenvalue weighted by atomic mass is 9.81. The van der Waals surface area contributed by atoms with E-state index >= 15 is 0 Å². The third-order valence-electron chi connectivity index (χ3n) is 8.07. The Bertz CT molecular complexity index is 614. The highest BCUT2D eigenvalue weighted by Gasteiger charge is 2.30. The van der Waals surface area contributed by atoms with Crippen molar-refractivity contribution in [1.29, 1.82) is 0 Å². The number of hydrogen-bond donors (Lipinski definition) is 3. The first kappa shape index (κ1) is 41.3. The Morgan fingerprint density at radius 3 is 1.76 bits per heavy atom. The molecule has 0 aromatic rings. The Kier molecular flexibility index (Phi) is 25.1. The maximum Gasteiger partial charge on any atom is 0.305 e. The fourth-order valence-electron chi connectivity index (χ4n) is 5.27. The molecule has 0 spiro atoms. The van der Waals surface area contributed by atoms with E-state index in [0.717, 1.165) is 19.4 Å². The summed E-state index contributed by atoms with van der Waals surface area (Å²) in [6, 6.07) is 0. The van der Waals surface area contributed by atoms with Crippen molar-refractivity contribution in [2.45, 2.75) is 163 Å². The van der Waals surface area contributed by atoms with Gasteiger partial charge in [-0.25, -0.2) is 0 Å². The highest BCUT2D eigenvalue weighted by Crippen LogP contribution is 2.27. The molecule has 252 valence electrons. The lowest BCUT2D eigenvalue weighted by molar-refractivity contribution is -0.144. The average Bonchev–Trinajstić information content (AvgIpc) is 3.31. The van der Waals surface area contributed by atoms with E-state index in [1.54, 1.807) is 0 Å². The van der Waals surface area contributed by atoms with E-state index in [9.17, 15) is 9.90 Å². The molecule has 0 aliphatic carbocycles. The predicted molar refractivity (Wildman–Crippen MR) is 172 cm³/mol. The first-order chi connectivity index (χ1) is 19.9. The van der Waals surface area contributed by atoms with Gasteiger partial charge < -0.3 is 29.5 Å². The largest absolute Gasteiger partial charge is 0.465 e. The highest BCUT2D eigenvalue weighted by molar-refractivity contribution is 5.69. The van der Waals surface area contributed by atoms with Crippen molar-refractivity contribution in [2.75, 3.05) is 33.0 Å². The lowest BCUT2D eigenvalue weighted by Crippen LogP contribution is -2.38. The molecule has 1 rings (SSSR count). The maximum atomic E-state index is 11.7. The third-order valence-corrected chi connectivity index (χ3v) is 8.07. The van der Waals surface area contributed by atoms with Gasteiger partial charge in [-0.2, -0.15) is 0 Å². The van der Waals surface area contributed by atoms with E-state index in [1.165, 1.54) is 77.0 Å². The monoisotopic (exact) mass is 603 g/mol. The van der Waals surface area contributed by atoms with Crippen LogP contribution in [0.3, 0.4) is 0 Å². The molecule has 0 aromatic heterocycles. The van der Waals surface area contributed by atoms with Crippen LogP contribution in [0.4, 0.5) is 0 Å². The quantitative estimate of drug-likeness (QED) is 0.0777. The van der Waals surface area contributed by atoms with Gasteiger partial charge in [0.15, 0.2) is 0 Å². The van der Waals surface area contributed by atoms with Gasteiger partial charge in [-0.15, -0.1) is 0 Å². The smallest absolute Gasteiger partial charge is 0.305 e. The molecule has 4 unspecified atom stereocenters. The molecule has 3 N–H and O–H groups in total. The Balaban J connectivity index is 0.00000207. The second-order valence-electron chi connectivity index (χ2n) is 14.0. The molecule has 4 atom stereocenters. The summed E-state index contributed by atoms with van der Waals surface area (Å²) in [4.78, 5) is 11.7. The molecule has 1 aliphatic heterocycles. The molecule has 42 heavy (non-hydrogen) atoms. The Morgan fingerprint density at radius 1 is 0.810 bits per heavy atom. The molecule has 1 fully saturated rings. The van der Waals surface area contributed by atoms with E-state index in [4.69, 9.17) is 19.7 Å². The van der Waals surface area contributed by atoms with Gasteiger partial charge in [0.2, 0.25) is 0 Å². The van der Waals surface area contributed by atoms with Crippen molar-refractivity contribution >= 4 is 5.97 Å². The third kappa shape index (κ3) is 22.8. The van der Waals surface area contributed by atoms with Crippen molar-refractivity contribution in [3.05, 3.63) is 0 Å². The molecule has 1 aliphatic rings. The fraction of sp³-hybridized carbons (Fsp3) is 0.971. The summed E-state index contributed by atoms with van der Waals surface area (Å²) in [6.45, 7) is 17.3. The summed E-state index contributed by atoms with van der Waals surface area (Å²) < 4.78 is 16.1. The van der Waals surface area contributed by atoms with E-state index in [2.05, 4.69) is 53.2 Å². The summed E-state index contributed by atoms with van der Waals surface area (Å²) in [7, 11) is 0. The van der Waals surface area contributed by atoms with E-state index in [0.29, 0.717) is 31.5 Å². The Morgan fingerprint density at radius 2 is 1.31 bits per heavy atom. The van der Waals surface area contributed by atoms with Crippen molar-refractivity contribution in [1.82, 2.24) is 0 Å². The molecule has 0 aromatic carbocycles. The average molecular weight is 603 g/mol. The zero-order chi connectivity index (χ0) is 31.8. The Labute approximate surface area is 259 Å². The summed E-state index contributed by atoms with van der Waals surface area (Å²) in [6.07, 6.45) is 16.5. The van der Waals surface area contributed by atoms with Gasteiger partial charge in [0.05, 0.1) is 32.5 Å². The Hall–Kier alpha value is -0.730. The molecular formula is C35H70O7. The van der Waals surface area contributed by atoms with Crippen molar-refractivity contribution < 1.29 is 34.3 Å². The minimum Gasteiger partial charge on any atom is -0.465 e. The molecule has 0 amide bonds. The number of ether oxygens (including phenoxy) is 3. The first-order valence-electron chi connectivity index (χ1n) is 17.3. The number of aliphatic hydroxyl groups is 3. The topological polar surface area (TPSA) is 105 Å². The standard InChI is InChI=1S/C31H62O4.C4H8O3/c1-8-9-10-11-12-14-17-20-28(24-34-25-31(6,7)30(33)27(4)5)21-18-15-13-16-19-22-29(32)35-23-26(2)3;5-3-1-7-2-4(3)6/h26-28,30,33H,8-25H2,1-7H3;3-6H,1-2H2. The fourth-order valence-corrected chi connectivity index (χ4v) is 5.27. The second-order valence-corrected chi connectivity index (χ2v) is 14.0. The number of hydrogen-bond acceptors (Lipinski definition) is 7. The summed E-state index contributed by atoms with van der Waals surface area (Å²) in [5, 5.41) is 27.8. The zero-order valence-corrected chi connectivity index (χ0v) is 28.6. The van der Waals surface area contributed by atoms with Gasteiger partial charge in [0, 0.05) is 18.4 Å². The van der Waals surface area contributed by atoms with Crippen molar-refractivity contribution in [2.24, 2.45) is 23.2 Å². The second kappa shape index (κ2) is 25.6. The molecule has 0 radical (unpaired) electrons. The van der Waals surface area contributed by atoms with E-state index in [-0.39, 0.29) is 36.6 Å². The van der Waals surface area contributed by atoms with Crippen LogP contribution in [-0.2, 0) is 19.0 Å². The van der Waals surface area contributed by atoms with E-state index in [1.807, 2.05) is 0 Å². The van der Waals surface area contributed by atoms with Crippen LogP contribution in [0.15, 0.2) is 0 Å². The maximum absolute atomic E-state index is 11.7.